The van der Waals surface area contributed by atoms with Crippen molar-refractivity contribution in [2.24, 2.45) is 17.8 Å². The van der Waals surface area contributed by atoms with Crippen molar-refractivity contribution in [3.05, 3.63) is 23.8 Å². The van der Waals surface area contributed by atoms with Gasteiger partial charge >= 0.3 is 0 Å². The fourth-order valence-electron chi connectivity index (χ4n) is 4.77. The van der Waals surface area contributed by atoms with Gasteiger partial charge in [-0.3, -0.25) is 0 Å². The van der Waals surface area contributed by atoms with Gasteiger partial charge in [-0.25, -0.2) is 0 Å². The lowest BCUT2D eigenvalue weighted by Gasteiger charge is -2.31. The van der Waals surface area contributed by atoms with Gasteiger partial charge in [0.2, 0.25) is 0 Å². The molecule has 0 bridgehead atoms. The third-order valence-electron chi connectivity index (χ3n) is 7.22. The molecule has 0 heterocycles. The summed E-state index contributed by atoms with van der Waals surface area (Å²) in [4.78, 5) is 2.43. The molecular formula is C26H47NO2S. The van der Waals surface area contributed by atoms with Gasteiger partial charge in [0.15, 0.2) is 0 Å². The van der Waals surface area contributed by atoms with Crippen LogP contribution >= 0.6 is 11.8 Å². The summed E-state index contributed by atoms with van der Waals surface area (Å²) in [5.41, 5.74) is 1.23. The summed E-state index contributed by atoms with van der Waals surface area (Å²) in [5, 5.41) is 21.1. The number of aliphatic hydroxyl groups is 2. The summed E-state index contributed by atoms with van der Waals surface area (Å²) in [6.07, 6.45) is 13.5. The highest BCUT2D eigenvalue weighted by atomic mass is 32.2. The van der Waals surface area contributed by atoms with E-state index in [0.717, 1.165) is 38.6 Å². The Kier molecular flexibility index (Phi) is 9.99. The van der Waals surface area contributed by atoms with E-state index in [-0.39, 0.29) is 17.6 Å². The molecule has 0 amide bonds. The first-order chi connectivity index (χ1) is 14.0. The molecule has 2 rings (SSSR count). The highest BCUT2D eigenvalue weighted by Crippen LogP contribution is 2.48. The number of thioether (sulfide) groups is 1. The Morgan fingerprint density at radius 3 is 2.63 bits per heavy atom. The fraction of sp³-hybridized carbons (Fsp3) is 0.846. The summed E-state index contributed by atoms with van der Waals surface area (Å²) in [6.45, 7) is 12.0. The van der Waals surface area contributed by atoms with Crippen LogP contribution in [0.5, 0.6) is 0 Å². The molecule has 0 aromatic carbocycles. The highest BCUT2D eigenvalue weighted by Gasteiger charge is 2.43. The first-order valence-corrected chi connectivity index (χ1v) is 13.2. The van der Waals surface area contributed by atoms with Gasteiger partial charge in [-0.15, -0.1) is 0 Å². The van der Waals surface area contributed by atoms with E-state index in [9.17, 15) is 10.2 Å². The molecular weight excluding hydrogens is 390 g/mol. The molecule has 2 aliphatic carbocycles. The lowest BCUT2D eigenvalue weighted by Crippen LogP contribution is -2.39. The molecule has 0 saturated heterocycles. The van der Waals surface area contributed by atoms with Crippen LogP contribution in [0.3, 0.4) is 0 Å². The van der Waals surface area contributed by atoms with Gasteiger partial charge in [0, 0.05) is 23.8 Å². The van der Waals surface area contributed by atoms with Gasteiger partial charge in [-0.1, -0.05) is 43.6 Å². The molecule has 30 heavy (non-hydrogen) atoms. The summed E-state index contributed by atoms with van der Waals surface area (Å²) in [6, 6.07) is 0. The molecule has 2 aliphatic rings. The molecule has 1 saturated carbocycles. The number of rotatable bonds is 12. The van der Waals surface area contributed by atoms with Crippen LogP contribution in [0.25, 0.3) is 0 Å². The molecule has 174 valence electrons. The summed E-state index contributed by atoms with van der Waals surface area (Å²) < 4.78 is 0. The maximum Gasteiger partial charge on any atom is 0.0654 e. The Balaban J connectivity index is 1.73. The van der Waals surface area contributed by atoms with Gasteiger partial charge in [-0.2, -0.15) is 11.8 Å². The monoisotopic (exact) mass is 437 g/mol. The normalized spacial score (nSPS) is 28.9. The smallest absolute Gasteiger partial charge is 0.0654 e. The van der Waals surface area contributed by atoms with Gasteiger partial charge in [0.1, 0.15) is 0 Å². The predicted molar refractivity (Wildman–Crippen MR) is 132 cm³/mol. The Bertz CT molecular complexity index is 578. The van der Waals surface area contributed by atoms with Crippen molar-refractivity contribution in [2.45, 2.75) is 96.8 Å². The van der Waals surface area contributed by atoms with Crippen LogP contribution in [-0.4, -0.2) is 57.5 Å². The number of hydrogen-bond donors (Lipinski definition) is 2. The second-order valence-electron chi connectivity index (χ2n) is 10.9. The zero-order chi connectivity index (χ0) is 22.4. The average Bonchev–Trinajstić information content (AvgIpc) is 3.16. The SMILES string of the molecule is CCCC[C@](C)(O)CC=C[C@@H]1[C@H]2CC(CCSCCN(C)C(C)(C)C)=C[C@H]2C[C@H]1O. The Hall–Kier alpha value is -0.290. The molecule has 1 fully saturated rings. The van der Waals surface area contributed by atoms with E-state index in [4.69, 9.17) is 0 Å². The van der Waals surface area contributed by atoms with Crippen LogP contribution in [0.15, 0.2) is 23.8 Å². The number of nitrogens with zero attached hydrogens (tertiary/aromatic N) is 1. The molecule has 0 unspecified atom stereocenters. The predicted octanol–water partition coefficient (Wildman–Crippen LogP) is 5.67. The van der Waals surface area contributed by atoms with Crippen molar-refractivity contribution in [1.29, 1.82) is 0 Å². The zero-order valence-corrected chi connectivity index (χ0v) is 21.2. The van der Waals surface area contributed by atoms with Crippen molar-refractivity contribution in [1.82, 2.24) is 4.90 Å². The molecule has 2 N–H and O–H groups in total. The van der Waals surface area contributed by atoms with Crippen LogP contribution in [0.1, 0.15) is 79.6 Å². The van der Waals surface area contributed by atoms with E-state index in [1.54, 1.807) is 5.57 Å². The second kappa shape index (κ2) is 11.5. The lowest BCUT2D eigenvalue weighted by atomic mass is 9.88. The van der Waals surface area contributed by atoms with Crippen molar-refractivity contribution >= 4 is 11.8 Å². The first-order valence-electron chi connectivity index (χ1n) is 12.1. The van der Waals surface area contributed by atoms with Gasteiger partial charge in [0.25, 0.3) is 0 Å². The summed E-state index contributed by atoms with van der Waals surface area (Å²) >= 11 is 2.06. The fourth-order valence-corrected chi connectivity index (χ4v) is 5.79. The third-order valence-corrected chi connectivity index (χ3v) is 8.18. The van der Waals surface area contributed by atoms with Crippen LogP contribution in [0.2, 0.25) is 0 Å². The largest absolute Gasteiger partial charge is 0.392 e. The molecule has 5 atom stereocenters. The van der Waals surface area contributed by atoms with E-state index < -0.39 is 5.60 Å². The van der Waals surface area contributed by atoms with Crippen LogP contribution in [-0.2, 0) is 0 Å². The third kappa shape index (κ3) is 8.00. The number of aliphatic hydroxyl groups excluding tert-OH is 1. The van der Waals surface area contributed by atoms with Crippen LogP contribution in [0.4, 0.5) is 0 Å². The number of fused-ring (bicyclic) bond motifs is 1. The Morgan fingerprint density at radius 1 is 1.23 bits per heavy atom. The van der Waals surface area contributed by atoms with Crippen molar-refractivity contribution in [2.75, 3.05) is 25.1 Å². The standard InChI is InChI=1S/C26H47NO2S/c1-7-8-12-26(5,29)13-9-10-22-23-18-20(17-21(23)19-24(22)28)11-15-30-16-14-27(6)25(2,3)4/h9-10,17,21-24,28-29H,7-8,11-16,18-19H2,1-6H3/t21-,22+,23-,24+,26-/m0/s1. The van der Waals surface area contributed by atoms with Crippen LogP contribution in [0, 0.1) is 17.8 Å². The Morgan fingerprint density at radius 2 is 1.97 bits per heavy atom. The van der Waals surface area contributed by atoms with Gasteiger partial charge in [-0.05, 0) is 84.4 Å². The molecule has 4 heteroatoms. The van der Waals surface area contributed by atoms with Crippen molar-refractivity contribution in [3.8, 4) is 0 Å². The number of hydrogen-bond acceptors (Lipinski definition) is 4. The average molecular weight is 438 g/mol. The Labute approximate surface area is 190 Å². The summed E-state index contributed by atoms with van der Waals surface area (Å²) in [7, 11) is 2.21. The van der Waals surface area contributed by atoms with E-state index in [1.807, 2.05) is 6.92 Å². The van der Waals surface area contributed by atoms with Crippen molar-refractivity contribution in [3.63, 3.8) is 0 Å². The molecule has 0 radical (unpaired) electrons. The first kappa shape index (κ1) is 26.0. The van der Waals surface area contributed by atoms with Gasteiger partial charge in [0.05, 0.1) is 11.7 Å². The quantitative estimate of drug-likeness (QED) is 0.305. The van der Waals surface area contributed by atoms with E-state index in [0.29, 0.717) is 18.3 Å². The minimum absolute atomic E-state index is 0.225. The molecule has 0 spiro atoms. The molecule has 3 nitrogen and oxygen atoms in total. The minimum Gasteiger partial charge on any atom is -0.392 e. The maximum atomic E-state index is 10.6. The number of allylic oxidation sites excluding steroid dienone is 2. The molecule has 0 aromatic heterocycles. The zero-order valence-electron chi connectivity index (χ0n) is 20.4. The number of unbranched alkanes of at least 4 members (excludes halogenated alkanes) is 1. The van der Waals surface area contributed by atoms with E-state index in [2.05, 4.69) is 69.6 Å². The minimum atomic E-state index is -0.618. The molecule has 0 aliphatic heterocycles. The van der Waals surface area contributed by atoms with Gasteiger partial charge < -0.3 is 15.1 Å². The summed E-state index contributed by atoms with van der Waals surface area (Å²) in [5.74, 6) is 3.74. The highest BCUT2D eigenvalue weighted by molar-refractivity contribution is 7.99. The van der Waals surface area contributed by atoms with Crippen LogP contribution < -0.4 is 0 Å². The maximum absolute atomic E-state index is 10.6. The van der Waals surface area contributed by atoms with E-state index >= 15 is 0 Å². The second-order valence-corrected chi connectivity index (χ2v) is 12.1. The van der Waals surface area contributed by atoms with Crippen molar-refractivity contribution < 1.29 is 10.2 Å². The topological polar surface area (TPSA) is 43.7 Å². The van der Waals surface area contributed by atoms with E-state index in [1.165, 1.54) is 17.9 Å². The lowest BCUT2D eigenvalue weighted by molar-refractivity contribution is 0.0513. The molecule has 0 aromatic rings.